The minimum Gasteiger partial charge on any atom is -0.472 e. The number of anilines is 1. The zero-order chi connectivity index (χ0) is 7.68. The normalized spacial score (nSPS) is 10.2. The van der Waals surface area contributed by atoms with Crippen LogP contribution in [0.25, 0.3) is 11.3 Å². The van der Waals surface area contributed by atoms with Crippen molar-refractivity contribution in [2.75, 3.05) is 5.73 Å². The van der Waals surface area contributed by atoms with Crippen LogP contribution in [0.1, 0.15) is 0 Å². The van der Waals surface area contributed by atoms with Crippen molar-refractivity contribution in [3.05, 3.63) is 24.9 Å². The molecule has 0 aliphatic rings. The van der Waals surface area contributed by atoms with Crippen LogP contribution in [0.2, 0.25) is 0 Å². The van der Waals surface area contributed by atoms with Gasteiger partial charge in [0.2, 0.25) is 0 Å². The molecule has 0 saturated carbocycles. The minimum atomic E-state index is 0.168. The maximum absolute atomic E-state index is 5.28. The SMILES string of the molecule is Nc1nc(-c2ccoc2)co1. The second-order valence-electron chi connectivity index (χ2n) is 2.08. The molecule has 2 heterocycles. The summed E-state index contributed by atoms with van der Waals surface area (Å²) >= 11 is 0. The van der Waals surface area contributed by atoms with Gasteiger partial charge < -0.3 is 14.6 Å². The van der Waals surface area contributed by atoms with Crippen molar-refractivity contribution in [3.63, 3.8) is 0 Å². The molecule has 0 unspecified atom stereocenters. The molecular weight excluding hydrogens is 144 g/mol. The van der Waals surface area contributed by atoms with E-state index in [0.29, 0.717) is 5.69 Å². The van der Waals surface area contributed by atoms with Crippen molar-refractivity contribution >= 4 is 6.01 Å². The highest BCUT2D eigenvalue weighted by atomic mass is 16.4. The highest BCUT2D eigenvalue weighted by Crippen LogP contribution is 2.18. The molecule has 2 N–H and O–H groups in total. The number of rotatable bonds is 1. The third kappa shape index (κ3) is 0.980. The van der Waals surface area contributed by atoms with Gasteiger partial charge in [-0.3, -0.25) is 0 Å². The molecule has 0 saturated heterocycles. The predicted octanol–water partition coefficient (Wildman–Crippen LogP) is 1.52. The van der Waals surface area contributed by atoms with Crippen LogP contribution in [0.3, 0.4) is 0 Å². The van der Waals surface area contributed by atoms with Gasteiger partial charge in [0.15, 0.2) is 0 Å². The van der Waals surface area contributed by atoms with Crippen molar-refractivity contribution in [1.29, 1.82) is 0 Å². The Kier molecular flexibility index (Phi) is 1.18. The van der Waals surface area contributed by atoms with Crippen molar-refractivity contribution in [2.24, 2.45) is 0 Å². The third-order valence-electron chi connectivity index (χ3n) is 1.34. The lowest BCUT2D eigenvalue weighted by Crippen LogP contribution is -1.82. The summed E-state index contributed by atoms with van der Waals surface area (Å²) in [4.78, 5) is 3.90. The average Bonchev–Trinajstić information content (AvgIpc) is 2.55. The van der Waals surface area contributed by atoms with Crippen molar-refractivity contribution < 1.29 is 8.83 Å². The number of nitrogens with two attached hydrogens (primary N) is 1. The summed E-state index contributed by atoms with van der Waals surface area (Å²) in [7, 11) is 0. The molecule has 2 rings (SSSR count). The molecule has 0 radical (unpaired) electrons. The fourth-order valence-electron chi connectivity index (χ4n) is 0.830. The molecule has 56 valence electrons. The summed E-state index contributed by atoms with van der Waals surface area (Å²) in [6, 6.07) is 1.96. The van der Waals surface area contributed by atoms with Crippen LogP contribution in [0, 0.1) is 0 Å². The Morgan fingerprint density at radius 3 is 2.82 bits per heavy atom. The van der Waals surface area contributed by atoms with Crippen LogP contribution in [-0.4, -0.2) is 4.98 Å². The lowest BCUT2D eigenvalue weighted by molar-refractivity contribution is 0.567. The van der Waals surface area contributed by atoms with Gasteiger partial charge in [0.1, 0.15) is 12.0 Å². The van der Waals surface area contributed by atoms with Crippen LogP contribution in [0.5, 0.6) is 0 Å². The highest BCUT2D eigenvalue weighted by molar-refractivity contribution is 5.56. The van der Waals surface area contributed by atoms with Crippen molar-refractivity contribution in [3.8, 4) is 11.3 Å². The Morgan fingerprint density at radius 1 is 1.36 bits per heavy atom. The summed E-state index contributed by atoms with van der Waals surface area (Å²) in [5.41, 5.74) is 6.83. The largest absolute Gasteiger partial charge is 0.472 e. The second-order valence-corrected chi connectivity index (χ2v) is 2.08. The van der Waals surface area contributed by atoms with Crippen molar-refractivity contribution in [1.82, 2.24) is 4.98 Å². The van der Waals surface area contributed by atoms with Crippen molar-refractivity contribution in [2.45, 2.75) is 0 Å². The summed E-state index contributed by atoms with van der Waals surface area (Å²) < 4.78 is 9.67. The van der Waals surface area contributed by atoms with Crippen LogP contribution in [0.4, 0.5) is 6.01 Å². The topological polar surface area (TPSA) is 65.2 Å². The number of oxazole rings is 1. The molecule has 11 heavy (non-hydrogen) atoms. The highest BCUT2D eigenvalue weighted by Gasteiger charge is 2.03. The number of furan rings is 1. The summed E-state index contributed by atoms with van der Waals surface area (Å²) in [6.07, 6.45) is 4.64. The molecular formula is C7H6N2O2. The van der Waals surface area contributed by atoms with Gasteiger partial charge in [-0.05, 0) is 6.07 Å². The number of hydrogen-bond donors (Lipinski definition) is 1. The first-order valence-corrected chi connectivity index (χ1v) is 3.10. The van der Waals surface area contributed by atoms with E-state index in [9.17, 15) is 0 Å². The molecule has 0 fully saturated rings. The van der Waals surface area contributed by atoms with Crippen LogP contribution in [0.15, 0.2) is 33.7 Å². The van der Waals surface area contributed by atoms with E-state index in [2.05, 4.69) is 4.98 Å². The Hall–Kier alpha value is -1.71. The first kappa shape index (κ1) is 6.03. The van der Waals surface area contributed by atoms with E-state index in [0.717, 1.165) is 5.56 Å². The molecule has 0 aliphatic heterocycles. The third-order valence-corrected chi connectivity index (χ3v) is 1.34. The number of aromatic nitrogens is 1. The van der Waals surface area contributed by atoms with Gasteiger partial charge in [0.25, 0.3) is 6.01 Å². The van der Waals surface area contributed by atoms with E-state index >= 15 is 0 Å². The van der Waals surface area contributed by atoms with E-state index in [-0.39, 0.29) is 6.01 Å². The molecule has 0 atom stereocenters. The van der Waals surface area contributed by atoms with Crippen LogP contribution < -0.4 is 5.73 Å². The van der Waals surface area contributed by atoms with Gasteiger partial charge in [0.05, 0.1) is 12.5 Å². The summed E-state index contributed by atoms with van der Waals surface area (Å²) in [5, 5.41) is 0. The van der Waals surface area contributed by atoms with E-state index < -0.39 is 0 Å². The summed E-state index contributed by atoms with van der Waals surface area (Å²) in [5.74, 6) is 0. The Bertz CT molecular complexity index is 337. The maximum Gasteiger partial charge on any atom is 0.292 e. The number of nitrogen functional groups attached to an aromatic ring is 1. The van der Waals surface area contributed by atoms with Crippen LogP contribution in [-0.2, 0) is 0 Å². The van der Waals surface area contributed by atoms with Gasteiger partial charge in [-0.15, -0.1) is 0 Å². The van der Waals surface area contributed by atoms with Gasteiger partial charge in [-0.2, -0.15) is 4.98 Å². The first-order chi connectivity index (χ1) is 5.36. The molecule has 0 aromatic carbocycles. The smallest absolute Gasteiger partial charge is 0.292 e. The number of hydrogen-bond acceptors (Lipinski definition) is 4. The predicted molar refractivity (Wildman–Crippen MR) is 38.6 cm³/mol. The first-order valence-electron chi connectivity index (χ1n) is 3.10. The van der Waals surface area contributed by atoms with Gasteiger partial charge in [-0.1, -0.05) is 0 Å². The van der Waals surface area contributed by atoms with E-state index in [1.165, 1.54) is 6.26 Å². The lowest BCUT2D eigenvalue weighted by atomic mass is 10.3. The molecule has 0 bridgehead atoms. The minimum absolute atomic E-state index is 0.168. The molecule has 0 amide bonds. The average molecular weight is 150 g/mol. The molecule has 0 spiro atoms. The molecule has 4 nitrogen and oxygen atoms in total. The molecule has 2 aromatic rings. The second kappa shape index (κ2) is 2.16. The Balaban J connectivity index is 2.45. The maximum atomic E-state index is 5.28. The quantitative estimate of drug-likeness (QED) is 0.669. The van der Waals surface area contributed by atoms with E-state index in [1.54, 1.807) is 18.6 Å². The van der Waals surface area contributed by atoms with Crippen LogP contribution >= 0.6 is 0 Å². The van der Waals surface area contributed by atoms with E-state index in [4.69, 9.17) is 14.6 Å². The van der Waals surface area contributed by atoms with E-state index in [1.807, 2.05) is 0 Å². The molecule has 0 aliphatic carbocycles. The monoisotopic (exact) mass is 150 g/mol. The Morgan fingerprint density at radius 2 is 2.27 bits per heavy atom. The zero-order valence-corrected chi connectivity index (χ0v) is 5.65. The standard InChI is InChI=1S/C7H6N2O2/c8-7-9-6(4-11-7)5-1-2-10-3-5/h1-4H,(H2,8,9). The van der Waals surface area contributed by atoms with Gasteiger partial charge in [-0.25, -0.2) is 0 Å². The molecule has 2 aromatic heterocycles. The fraction of sp³-hybridized carbons (Fsp3) is 0. The Labute approximate surface area is 62.6 Å². The van der Waals surface area contributed by atoms with Gasteiger partial charge >= 0.3 is 0 Å². The number of nitrogens with zero attached hydrogens (tertiary/aromatic N) is 1. The fourth-order valence-corrected chi connectivity index (χ4v) is 0.830. The molecule has 4 heteroatoms. The van der Waals surface area contributed by atoms with Gasteiger partial charge in [0, 0.05) is 5.56 Å². The lowest BCUT2D eigenvalue weighted by Gasteiger charge is -1.81. The zero-order valence-electron chi connectivity index (χ0n) is 5.65. The summed E-state index contributed by atoms with van der Waals surface area (Å²) in [6.45, 7) is 0.